The zero-order valence-electron chi connectivity index (χ0n) is 14.7. The summed E-state index contributed by atoms with van der Waals surface area (Å²) < 4.78 is 8.55. The average molecular weight is 389 g/mol. The van der Waals surface area contributed by atoms with E-state index in [9.17, 15) is 9.59 Å². The molecule has 0 spiro atoms. The predicted molar refractivity (Wildman–Crippen MR) is 109 cm³/mol. The van der Waals surface area contributed by atoms with Crippen LogP contribution in [0.5, 0.6) is 0 Å². The Labute approximate surface area is 163 Å². The molecule has 1 N–H and O–H groups in total. The molecule has 0 saturated heterocycles. The van der Waals surface area contributed by atoms with Crippen LogP contribution in [-0.2, 0) is 0 Å². The lowest BCUT2D eigenvalue weighted by Gasteiger charge is -1.99. The molecule has 2 aromatic heterocycles. The van der Waals surface area contributed by atoms with Gasteiger partial charge in [-0.2, -0.15) is 0 Å². The molecule has 0 aliphatic carbocycles. The smallest absolute Gasteiger partial charge is 0.335 e. The van der Waals surface area contributed by atoms with E-state index in [1.807, 2.05) is 30.3 Å². The SMILES string of the molecule is C=c1s/c(=C\c2ccc(-c3ccc(C(=O)O)cc3)o2)c(=O)n1-c1ccccc1. The molecule has 138 valence electrons. The Morgan fingerprint density at radius 1 is 1.04 bits per heavy atom. The van der Waals surface area contributed by atoms with Crippen LogP contribution < -0.4 is 14.8 Å². The van der Waals surface area contributed by atoms with Gasteiger partial charge in [-0.15, -0.1) is 11.3 Å². The number of para-hydroxylation sites is 1. The van der Waals surface area contributed by atoms with Crippen LogP contribution in [0.25, 0.3) is 29.7 Å². The molecule has 0 radical (unpaired) electrons. The highest BCUT2D eigenvalue weighted by Crippen LogP contribution is 2.23. The third-order valence-electron chi connectivity index (χ3n) is 4.22. The van der Waals surface area contributed by atoms with Crippen LogP contribution in [0.4, 0.5) is 0 Å². The summed E-state index contributed by atoms with van der Waals surface area (Å²) in [7, 11) is 0. The van der Waals surface area contributed by atoms with Crippen molar-refractivity contribution in [1.82, 2.24) is 4.57 Å². The second kappa shape index (κ2) is 7.17. The Kier molecular flexibility index (Phi) is 4.55. The van der Waals surface area contributed by atoms with E-state index in [0.717, 1.165) is 11.3 Å². The molecule has 4 aromatic rings. The van der Waals surface area contributed by atoms with Crippen molar-refractivity contribution in [2.75, 3.05) is 0 Å². The molecule has 0 bridgehead atoms. The van der Waals surface area contributed by atoms with E-state index < -0.39 is 5.97 Å². The lowest BCUT2D eigenvalue weighted by Crippen LogP contribution is -2.29. The van der Waals surface area contributed by atoms with Crippen LogP contribution in [-0.4, -0.2) is 15.6 Å². The maximum Gasteiger partial charge on any atom is 0.335 e. The van der Waals surface area contributed by atoms with E-state index in [1.165, 1.54) is 23.5 Å². The van der Waals surface area contributed by atoms with Crippen LogP contribution in [0.3, 0.4) is 0 Å². The standard InChI is InChI=1S/C22H15NO4S/c1-14-23(17-5-3-2-4-6-17)21(24)20(28-14)13-18-11-12-19(27-18)15-7-9-16(10-8-15)22(25)26/h2-13H,1H2,(H,25,26)/b20-13-. The van der Waals surface area contributed by atoms with Crippen LogP contribution in [0.1, 0.15) is 16.1 Å². The highest BCUT2D eigenvalue weighted by molar-refractivity contribution is 7.07. The largest absolute Gasteiger partial charge is 0.478 e. The van der Waals surface area contributed by atoms with Crippen molar-refractivity contribution in [3.8, 4) is 17.0 Å². The Morgan fingerprint density at radius 3 is 2.43 bits per heavy atom. The van der Waals surface area contributed by atoms with Gasteiger partial charge in [-0.3, -0.25) is 9.36 Å². The molecule has 0 aliphatic rings. The first-order valence-corrected chi connectivity index (χ1v) is 9.26. The van der Waals surface area contributed by atoms with Crippen LogP contribution >= 0.6 is 11.3 Å². The molecule has 4 rings (SSSR count). The minimum Gasteiger partial charge on any atom is -0.478 e. The van der Waals surface area contributed by atoms with Gasteiger partial charge in [-0.05, 0) is 36.4 Å². The number of benzene rings is 2. The van der Waals surface area contributed by atoms with Gasteiger partial charge in [0.25, 0.3) is 5.56 Å². The van der Waals surface area contributed by atoms with Gasteiger partial charge in [0.1, 0.15) is 11.5 Å². The number of aromatic nitrogens is 1. The van der Waals surface area contributed by atoms with Crippen LogP contribution in [0, 0.1) is 0 Å². The summed E-state index contributed by atoms with van der Waals surface area (Å²) in [6.45, 7) is 3.98. The quantitative estimate of drug-likeness (QED) is 0.582. The van der Waals surface area contributed by atoms with Gasteiger partial charge >= 0.3 is 5.97 Å². The lowest BCUT2D eigenvalue weighted by molar-refractivity contribution is 0.0697. The van der Waals surface area contributed by atoms with E-state index in [2.05, 4.69) is 6.58 Å². The van der Waals surface area contributed by atoms with E-state index in [4.69, 9.17) is 9.52 Å². The summed E-state index contributed by atoms with van der Waals surface area (Å²) >= 11 is 1.30. The minimum absolute atomic E-state index is 0.148. The number of carbonyl (C=O) groups is 1. The lowest BCUT2D eigenvalue weighted by atomic mass is 10.1. The van der Waals surface area contributed by atoms with E-state index in [0.29, 0.717) is 20.7 Å². The number of furan rings is 1. The predicted octanol–water partition coefficient (Wildman–Crippen LogP) is 3.10. The maximum absolute atomic E-state index is 12.8. The Balaban J connectivity index is 1.71. The zero-order chi connectivity index (χ0) is 19.7. The Morgan fingerprint density at radius 2 is 1.75 bits per heavy atom. The highest BCUT2D eigenvalue weighted by atomic mass is 32.1. The number of nitrogens with zero attached hydrogens (tertiary/aromatic N) is 1. The number of carboxylic acid groups (broad SMARTS) is 1. The number of rotatable bonds is 4. The normalized spacial score (nSPS) is 11.6. The monoisotopic (exact) mass is 389 g/mol. The fraction of sp³-hybridized carbons (Fsp3) is 0. The maximum atomic E-state index is 12.8. The van der Waals surface area contributed by atoms with Gasteiger partial charge in [0, 0.05) is 11.6 Å². The number of thiazole rings is 1. The van der Waals surface area contributed by atoms with E-state index >= 15 is 0 Å². The fourth-order valence-electron chi connectivity index (χ4n) is 2.86. The van der Waals surface area contributed by atoms with Crippen molar-refractivity contribution in [1.29, 1.82) is 0 Å². The van der Waals surface area contributed by atoms with Crippen molar-refractivity contribution in [3.63, 3.8) is 0 Å². The molecule has 0 fully saturated rings. The highest BCUT2D eigenvalue weighted by Gasteiger charge is 2.08. The van der Waals surface area contributed by atoms with Gasteiger partial charge in [-0.25, -0.2) is 4.79 Å². The summed E-state index contributed by atoms with van der Waals surface area (Å²) in [5.74, 6) is 0.158. The summed E-state index contributed by atoms with van der Waals surface area (Å²) in [5, 5.41) is 8.98. The first-order chi connectivity index (χ1) is 13.5. The van der Waals surface area contributed by atoms with Crippen molar-refractivity contribution in [2.45, 2.75) is 0 Å². The Hall–Kier alpha value is -3.64. The van der Waals surface area contributed by atoms with Gasteiger partial charge in [-0.1, -0.05) is 36.9 Å². The molecule has 5 nitrogen and oxygen atoms in total. The first kappa shape index (κ1) is 17.8. The molecular formula is C22H15NO4S. The molecule has 28 heavy (non-hydrogen) atoms. The van der Waals surface area contributed by atoms with Crippen LogP contribution in [0.15, 0.2) is 75.9 Å². The van der Waals surface area contributed by atoms with Crippen molar-refractivity contribution in [3.05, 3.63) is 97.6 Å². The van der Waals surface area contributed by atoms with Crippen molar-refractivity contribution in [2.24, 2.45) is 0 Å². The van der Waals surface area contributed by atoms with Crippen LogP contribution in [0.2, 0.25) is 0 Å². The molecule has 0 aliphatic heterocycles. The van der Waals surface area contributed by atoms with Gasteiger partial charge in [0.15, 0.2) is 0 Å². The van der Waals surface area contributed by atoms with Gasteiger partial charge in [0.2, 0.25) is 0 Å². The molecule has 0 saturated carbocycles. The molecule has 0 atom stereocenters. The molecule has 2 aromatic carbocycles. The summed E-state index contributed by atoms with van der Waals surface area (Å²) in [5.41, 5.74) is 1.59. The average Bonchev–Trinajstić information content (AvgIpc) is 3.27. The molecule has 2 heterocycles. The Bertz CT molecular complexity index is 1310. The second-order valence-corrected chi connectivity index (χ2v) is 7.18. The number of hydrogen-bond donors (Lipinski definition) is 1. The molecular weight excluding hydrogens is 374 g/mol. The molecule has 6 heteroatoms. The van der Waals surface area contributed by atoms with E-state index in [-0.39, 0.29) is 11.1 Å². The number of hydrogen-bond acceptors (Lipinski definition) is 4. The summed E-state index contributed by atoms with van der Waals surface area (Å²) in [6.07, 6.45) is 1.69. The van der Waals surface area contributed by atoms with Crippen molar-refractivity contribution >= 4 is 30.0 Å². The number of aromatic carboxylic acids is 1. The topological polar surface area (TPSA) is 72.4 Å². The summed E-state index contributed by atoms with van der Waals surface area (Å²) in [4.78, 5) is 23.7. The van der Waals surface area contributed by atoms with Crippen molar-refractivity contribution < 1.29 is 14.3 Å². The third-order valence-corrected chi connectivity index (χ3v) is 5.15. The number of carboxylic acids is 1. The fourth-order valence-corrected chi connectivity index (χ4v) is 3.75. The third kappa shape index (κ3) is 3.33. The minimum atomic E-state index is -0.976. The van der Waals surface area contributed by atoms with E-state index in [1.54, 1.807) is 34.9 Å². The molecule has 0 amide bonds. The molecule has 0 unspecified atom stereocenters. The van der Waals surface area contributed by atoms with Gasteiger partial charge in [0.05, 0.1) is 20.4 Å². The van der Waals surface area contributed by atoms with Gasteiger partial charge < -0.3 is 9.52 Å². The zero-order valence-corrected chi connectivity index (χ0v) is 15.5. The summed E-state index contributed by atoms with van der Waals surface area (Å²) in [6, 6.07) is 19.3. The first-order valence-electron chi connectivity index (χ1n) is 8.44. The second-order valence-electron chi connectivity index (χ2n) is 6.07.